The van der Waals surface area contributed by atoms with E-state index in [9.17, 15) is 5.11 Å². The third-order valence-electron chi connectivity index (χ3n) is 2.16. The van der Waals surface area contributed by atoms with Gasteiger partial charge >= 0.3 is 0 Å². The molecule has 0 bridgehead atoms. The summed E-state index contributed by atoms with van der Waals surface area (Å²) in [7, 11) is 0. The summed E-state index contributed by atoms with van der Waals surface area (Å²) in [5.74, 6) is 0.274. The van der Waals surface area contributed by atoms with Gasteiger partial charge in [-0.3, -0.25) is 0 Å². The van der Waals surface area contributed by atoms with Crippen LogP contribution in [-0.4, -0.2) is 11.2 Å². The lowest BCUT2D eigenvalue weighted by molar-refractivity contribution is 0.126. The van der Waals surface area contributed by atoms with Gasteiger partial charge in [-0.15, -0.1) is 0 Å². The van der Waals surface area contributed by atoms with Gasteiger partial charge in [-0.25, -0.2) is 0 Å². The van der Waals surface area contributed by atoms with Crippen molar-refractivity contribution in [2.45, 2.75) is 26.4 Å². The van der Waals surface area contributed by atoms with Gasteiger partial charge < -0.3 is 5.11 Å². The molecule has 1 N–H and O–H groups in total. The lowest BCUT2D eigenvalue weighted by atomic mass is 9.99. The summed E-state index contributed by atoms with van der Waals surface area (Å²) in [6.45, 7) is 4.00. The smallest absolute Gasteiger partial charge is 0.0603 e. The van der Waals surface area contributed by atoms with Gasteiger partial charge in [-0.2, -0.15) is 0 Å². The van der Waals surface area contributed by atoms with Crippen LogP contribution >= 0.6 is 11.6 Å². The predicted molar refractivity (Wildman–Crippen MR) is 56.0 cm³/mol. The standard InChI is InChI=1S/C11H15ClO/c1-8(2)11(13)7-9-5-3-4-6-10(9)12/h3-6,8,11,13H,7H2,1-2H3. The fourth-order valence-electron chi connectivity index (χ4n) is 1.12. The van der Waals surface area contributed by atoms with Crippen LogP contribution in [0.2, 0.25) is 5.02 Å². The third kappa shape index (κ3) is 3.02. The van der Waals surface area contributed by atoms with Crippen molar-refractivity contribution >= 4 is 11.6 Å². The molecule has 13 heavy (non-hydrogen) atoms. The van der Waals surface area contributed by atoms with E-state index in [2.05, 4.69) is 0 Å². The molecule has 1 aromatic carbocycles. The summed E-state index contributed by atoms with van der Waals surface area (Å²) in [4.78, 5) is 0. The molecule has 1 rings (SSSR count). The van der Waals surface area contributed by atoms with Crippen LogP contribution in [0.15, 0.2) is 24.3 Å². The Morgan fingerprint density at radius 1 is 1.31 bits per heavy atom. The zero-order valence-electron chi connectivity index (χ0n) is 8.00. The zero-order valence-corrected chi connectivity index (χ0v) is 8.75. The SMILES string of the molecule is CC(C)C(O)Cc1ccccc1Cl. The van der Waals surface area contributed by atoms with Crippen molar-refractivity contribution in [1.29, 1.82) is 0 Å². The second kappa shape index (κ2) is 4.64. The molecular weight excluding hydrogens is 184 g/mol. The van der Waals surface area contributed by atoms with E-state index in [4.69, 9.17) is 11.6 Å². The largest absolute Gasteiger partial charge is 0.393 e. The van der Waals surface area contributed by atoms with Gasteiger partial charge in [0.15, 0.2) is 0 Å². The average molecular weight is 199 g/mol. The molecule has 1 atom stereocenters. The van der Waals surface area contributed by atoms with Gasteiger partial charge in [0.2, 0.25) is 0 Å². The van der Waals surface area contributed by atoms with E-state index < -0.39 is 0 Å². The summed E-state index contributed by atoms with van der Waals surface area (Å²) in [6.07, 6.45) is 0.331. The molecule has 0 saturated carbocycles. The lowest BCUT2D eigenvalue weighted by Crippen LogP contribution is -2.17. The van der Waals surface area contributed by atoms with Crippen LogP contribution in [0.4, 0.5) is 0 Å². The molecule has 1 unspecified atom stereocenters. The summed E-state index contributed by atoms with van der Waals surface area (Å²) in [5, 5.41) is 10.4. The number of aliphatic hydroxyl groups excluding tert-OH is 1. The highest BCUT2D eigenvalue weighted by Crippen LogP contribution is 2.18. The normalized spacial score (nSPS) is 13.3. The minimum atomic E-state index is -0.306. The first-order valence-electron chi connectivity index (χ1n) is 4.52. The molecule has 0 saturated heterocycles. The van der Waals surface area contributed by atoms with E-state index >= 15 is 0 Å². The Morgan fingerprint density at radius 3 is 2.46 bits per heavy atom. The molecule has 0 heterocycles. The summed E-state index contributed by atoms with van der Waals surface area (Å²) in [6, 6.07) is 7.64. The Bertz CT molecular complexity index is 271. The quantitative estimate of drug-likeness (QED) is 0.792. The first-order chi connectivity index (χ1) is 6.11. The van der Waals surface area contributed by atoms with Gasteiger partial charge in [0.05, 0.1) is 6.10 Å². The van der Waals surface area contributed by atoms with E-state index in [-0.39, 0.29) is 12.0 Å². The van der Waals surface area contributed by atoms with Gasteiger partial charge in [0.25, 0.3) is 0 Å². The van der Waals surface area contributed by atoms with Crippen molar-refractivity contribution in [1.82, 2.24) is 0 Å². The Labute approximate surface area is 84.4 Å². The van der Waals surface area contributed by atoms with E-state index in [0.29, 0.717) is 6.42 Å². The molecular formula is C11H15ClO. The highest BCUT2D eigenvalue weighted by molar-refractivity contribution is 6.31. The van der Waals surface area contributed by atoms with Crippen molar-refractivity contribution in [3.05, 3.63) is 34.9 Å². The van der Waals surface area contributed by atoms with Crippen LogP contribution in [0.25, 0.3) is 0 Å². The van der Waals surface area contributed by atoms with Crippen LogP contribution in [0, 0.1) is 5.92 Å². The number of halogens is 1. The van der Waals surface area contributed by atoms with Crippen LogP contribution < -0.4 is 0 Å². The van der Waals surface area contributed by atoms with Crippen LogP contribution in [0.5, 0.6) is 0 Å². The van der Waals surface area contributed by atoms with E-state index in [1.807, 2.05) is 38.1 Å². The molecule has 72 valence electrons. The Morgan fingerprint density at radius 2 is 1.92 bits per heavy atom. The molecule has 1 nitrogen and oxygen atoms in total. The average Bonchev–Trinajstić information content (AvgIpc) is 2.08. The van der Waals surface area contributed by atoms with E-state index in [1.165, 1.54) is 0 Å². The molecule has 0 aliphatic carbocycles. The predicted octanol–water partition coefficient (Wildman–Crippen LogP) is 2.90. The summed E-state index contributed by atoms with van der Waals surface area (Å²) in [5.41, 5.74) is 1.02. The highest BCUT2D eigenvalue weighted by atomic mass is 35.5. The molecule has 1 aromatic rings. The van der Waals surface area contributed by atoms with Gasteiger partial charge in [0.1, 0.15) is 0 Å². The Balaban J connectivity index is 2.69. The third-order valence-corrected chi connectivity index (χ3v) is 2.53. The first-order valence-corrected chi connectivity index (χ1v) is 4.90. The number of hydrogen-bond donors (Lipinski definition) is 1. The maximum Gasteiger partial charge on any atom is 0.0603 e. The second-order valence-electron chi connectivity index (χ2n) is 3.61. The molecule has 0 radical (unpaired) electrons. The number of rotatable bonds is 3. The molecule has 0 aromatic heterocycles. The fourth-order valence-corrected chi connectivity index (χ4v) is 1.34. The molecule has 0 spiro atoms. The lowest BCUT2D eigenvalue weighted by Gasteiger charge is -2.14. The van der Waals surface area contributed by atoms with Crippen molar-refractivity contribution < 1.29 is 5.11 Å². The molecule has 2 heteroatoms. The maximum absolute atomic E-state index is 9.65. The number of hydrogen-bond acceptors (Lipinski definition) is 1. The number of aliphatic hydroxyl groups is 1. The minimum Gasteiger partial charge on any atom is -0.393 e. The van der Waals surface area contributed by atoms with Crippen molar-refractivity contribution in [3.63, 3.8) is 0 Å². The van der Waals surface area contributed by atoms with Gasteiger partial charge in [0, 0.05) is 11.4 Å². The van der Waals surface area contributed by atoms with Gasteiger partial charge in [-0.1, -0.05) is 43.6 Å². The first kappa shape index (κ1) is 10.6. The van der Waals surface area contributed by atoms with Crippen molar-refractivity contribution in [2.75, 3.05) is 0 Å². The second-order valence-corrected chi connectivity index (χ2v) is 4.01. The topological polar surface area (TPSA) is 20.2 Å². The van der Waals surface area contributed by atoms with E-state index in [1.54, 1.807) is 0 Å². The highest BCUT2D eigenvalue weighted by Gasteiger charge is 2.11. The van der Waals surface area contributed by atoms with Crippen molar-refractivity contribution in [2.24, 2.45) is 5.92 Å². The maximum atomic E-state index is 9.65. The van der Waals surface area contributed by atoms with E-state index in [0.717, 1.165) is 10.6 Å². The van der Waals surface area contributed by atoms with Crippen LogP contribution in [0.1, 0.15) is 19.4 Å². The minimum absolute atomic E-state index is 0.274. The summed E-state index contributed by atoms with van der Waals surface area (Å²) < 4.78 is 0. The van der Waals surface area contributed by atoms with Crippen molar-refractivity contribution in [3.8, 4) is 0 Å². The summed E-state index contributed by atoms with van der Waals surface area (Å²) >= 11 is 5.96. The Hall–Kier alpha value is -0.530. The fraction of sp³-hybridized carbons (Fsp3) is 0.455. The molecule has 0 aliphatic heterocycles. The van der Waals surface area contributed by atoms with Crippen LogP contribution in [-0.2, 0) is 6.42 Å². The molecule has 0 amide bonds. The Kier molecular flexibility index (Phi) is 3.76. The van der Waals surface area contributed by atoms with Gasteiger partial charge in [-0.05, 0) is 17.5 Å². The monoisotopic (exact) mass is 198 g/mol. The molecule has 0 fully saturated rings. The van der Waals surface area contributed by atoms with Crippen LogP contribution in [0.3, 0.4) is 0 Å². The number of benzene rings is 1. The zero-order chi connectivity index (χ0) is 9.84. The molecule has 0 aliphatic rings.